The number of amides is 2. The molecule has 0 aromatic heterocycles. The molecule has 0 spiro atoms. The summed E-state index contributed by atoms with van der Waals surface area (Å²) in [5, 5.41) is 11.2. The van der Waals surface area contributed by atoms with Gasteiger partial charge in [-0.1, -0.05) is 26.0 Å². The van der Waals surface area contributed by atoms with Gasteiger partial charge in [0.15, 0.2) is 0 Å². The minimum Gasteiger partial charge on any atom is -0.396 e. The predicted molar refractivity (Wildman–Crippen MR) is 68.2 cm³/mol. The Balaban J connectivity index is 0. The number of unbranched alkanes of at least 4 members (excludes halogenated alkanes) is 3. The van der Waals surface area contributed by atoms with Gasteiger partial charge in [0.05, 0.1) is 0 Å². The van der Waals surface area contributed by atoms with Gasteiger partial charge in [0.1, 0.15) is 0 Å². The van der Waals surface area contributed by atoms with E-state index in [2.05, 4.69) is 24.2 Å². The Hall–Kier alpha value is -1.62. The monoisotopic (exact) mass is 242 g/mol. The second kappa shape index (κ2) is 14.4. The van der Waals surface area contributed by atoms with Crippen LogP contribution in [0.3, 0.4) is 0 Å². The molecule has 0 aliphatic rings. The van der Waals surface area contributed by atoms with Crippen LogP contribution in [0.2, 0.25) is 0 Å². The first kappa shape index (κ1) is 17.8. The van der Waals surface area contributed by atoms with Crippen LogP contribution in [-0.4, -0.2) is 30.1 Å². The molecule has 0 saturated carbocycles. The molecule has 0 aromatic rings. The van der Waals surface area contributed by atoms with Crippen molar-refractivity contribution in [2.24, 2.45) is 5.73 Å². The number of primary amides is 1. The number of carbonyl (C=O) groups excluding carboxylic acids is 2. The summed E-state index contributed by atoms with van der Waals surface area (Å²) in [7, 11) is 0. The number of rotatable bonds is 8. The smallest absolute Gasteiger partial charge is 0.243 e. The number of carbonyl (C=O) groups is 2. The molecule has 0 atom stereocenters. The molecule has 0 radical (unpaired) electrons. The van der Waals surface area contributed by atoms with Crippen LogP contribution >= 0.6 is 0 Å². The molecule has 0 heterocycles. The van der Waals surface area contributed by atoms with E-state index in [4.69, 9.17) is 5.11 Å². The highest BCUT2D eigenvalue weighted by Crippen LogP contribution is 1.97. The highest BCUT2D eigenvalue weighted by atomic mass is 16.2. The Bertz CT molecular complexity index is 240. The normalized spacial score (nSPS) is 8.53. The van der Waals surface area contributed by atoms with Gasteiger partial charge in [-0.15, -0.1) is 0 Å². The first-order valence-electron chi connectivity index (χ1n) is 5.51. The van der Waals surface area contributed by atoms with Gasteiger partial charge in [0, 0.05) is 13.2 Å². The van der Waals surface area contributed by atoms with E-state index < -0.39 is 5.91 Å². The molecule has 5 heteroatoms. The Morgan fingerprint density at radius 1 is 1.12 bits per heavy atom. The van der Waals surface area contributed by atoms with Gasteiger partial charge in [0.2, 0.25) is 11.8 Å². The lowest BCUT2D eigenvalue weighted by Gasteiger charge is -2.00. The highest BCUT2D eigenvalue weighted by molar-refractivity contribution is 5.86. The molecule has 98 valence electrons. The van der Waals surface area contributed by atoms with Crippen molar-refractivity contribution >= 4 is 11.8 Å². The lowest BCUT2D eigenvalue weighted by Crippen LogP contribution is -2.21. The maximum absolute atomic E-state index is 10.6. The van der Waals surface area contributed by atoms with Crippen LogP contribution in [-0.2, 0) is 9.59 Å². The maximum Gasteiger partial charge on any atom is 0.243 e. The SMILES string of the molecule is C=CC(=O)NCCCCCCO.C=CC(N)=O. The summed E-state index contributed by atoms with van der Waals surface area (Å²) in [6.45, 7) is 7.40. The van der Waals surface area contributed by atoms with Gasteiger partial charge in [-0.2, -0.15) is 0 Å². The van der Waals surface area contributed by atoms with E-state index in [9.17, 15) is 9.59 Å². The van der Waals surface area contributed by atoms with Gasteiger partial charge in [-0.05, 0) is 25.0 Å². The fourth-order valence-electron chi connectivity index (χ4n) is 0.874. The first-order valence-corrected chi connectivity index (χ1v) is 5.51. The van der Waals surface area contributed by atoms with Gasteiger partial charge < -0.3 is 16.2 Å². The van der Waals surface area contributed by atoms with Gasteiger partial charge in [-0.25, -0.2) is 0 Å². The fraction of sp³-hybridized carbons (Fsp3) is 0.500. The summed E-state index contributed by atoms with van der Waals surface area (Å²) in [6.07, 6.45) is 6.24. The van der Waals surface area contributed by atoms with E-state index in [1.165, 1.54) is 6.08 Å². The van der Waals surface area contributed by atoms with Crippen LogP contribution in [0.15, 0.2) is 25.3 Å². The highest BCUT2D eigenvalue weighted by Gasteiger charge is 1.92. The van der Waals surface area contributed by atoms with E-state index in [1.54, 1.807) is 0 Å². The van der Waals surface area contributed by atoms with E-state index in [0.717, 1.165) is 31.8 Å². The van der Waals surface area contributed by atoms with Crippen LogP contribution in [0, 0.1) is 0 Å². The van der Waals surface area contributed by atoms with E-state index in [0.29, 0.717) is 6.54 Å². The number of nitrogens with one attached hydrogen (secondary N) is 1. The zero-order valence-corrected chi connectivity index (χ0v) is 10.2. The van der Waals surface area contributed by atoms with Crippen molar-refractivity contribution in [2.45, 2.75) is 25.7 Å². The van der Waals surface area contributed by atoms with Crippen LogP contribution in [0.25, 0.3) is 0 Å². The first-order chi connectivity index (χ1) is 8.08. The Kier molecular flexibility index (Phi) is 15.0. The zero-order valence-electron chi connectivity index (χ0n) is 10.2. The molecule has 0 aliphatic carbocycles. The fourth-order valence-corrected chi connectivity index (χ4v) is 0.874. The minimum atomic E-state index is -0.481. The molecule has 0 saturated heterocycles. The van der Waals surface area contributed by atoms with Crippen molar-refractivity contribution < 1.29 is 14.7 Å². The quantitative estimate of drug-likeness (QED) is 0.427. The summed E-state index contributed by atoms with van der Waals surface area (Å²) in [4.78, 5) is 20.1. The second-order valence-electron chi connectivity index (χ2n) is 3.24. The van der Waals surface area contributed by atoms with Crippen molar-refractivity contribution in [3.63, 3.8) is 0 Å². The molecule has 0 rings (SSSR count). The average Bonchev–Trinajstić information content (AvgIpc) is 2.33. The lowest BCUT2D eigenvalue weighted by atomic mass is 10.2. The van der Waals surface area contributed by atoms with Crippen molar-refractivity contribution in [1.82, 2.24) is 5.32 Å². The van der Waals surface area contributed by atoms with Crippen LogP contribution in [0.4, 0.5) is 0 Å². The van der Waals surface area contributed by atoms with Gasteiger partial charge >= 0.3 is 0 Å². The minimum absolute atomic E-state index is 0.114. The van der Waals surface area contributed by atoms with Crippen molar-refractivity contribution in [2.75, 3.05) is 13.2 Å². The predicted octanol–water partition coefficient (Wildman–Crippen LogP) is 0.499. The maximum atomic E-state index is 10.6. The summed E-state index contributed by atoms with van der Waals surface area (Å²) in [5.41, 5.74) is 4.53. The molecular weight excluding hydrogens is 220 g/mol. The van der Waals surface area contributed by atoms with Crippen LogP contribution < -0.4 is 11.1 Å². The van der Waals surface area contributed by atoms with Crippen LogP contribution in [0.1, 0.15) is 25.7 Å². The van der Waals surface area contributed by atoms with E-state index >= 15 is 0 Å². The molecule has 4 N–H and O–H groups in total. The van der Waals surface area contributed by atoms with E-state index in [-0.39, 0.29) is 12.5 Å². The van der Waals surface area contributed by atoms with E-state index in [1.807, 2.05) is 0 Å². The molecular formula is C12H22N2O3. The third kappa shape index (κ3) is 20.5. The Labute approximate surface area is 102 Å². The third-order valence-electron chi connectivity index (χ3n) is 1.77. The number of hydrogen-bond acceptors (Lipinski definition) is 3. The molecule has 0 aliphatic heterocycles. The van der Waals surface area contributed by atoms with Gasteiger partial charge in [-0.3, -0.25) is 9.59 Å². The molecule has 0 aromatic carbocycles. The number of nitrogens with two attached hydrogens (primary N) is 1. The lowest BCUT2D eigenvalue weighted by molar-refractivity contribution is -0.116. The van der Waals surface area contributed by atoms with Gasteiger partial charge in [0.25, 0.3) is 0 Å². The van der Waals surface area contributed by atoms with Crippen molar-refractivity contribution in [1.29, 1.82) is 0 Å². The topological polar surface area (TPSA) is 92.4 Å². The summed E-state index contributed by atoms with van der Waals surface area (Å²) < 4.78 is 0. The second-order valence-corrected chi connectivity index (χ2v) is 3.24. The average molecular weight is 242 g/mol. The summed E-state index contributed by atoms with van der Waals surface area (Å²) in [6, 6.07) is 0. The molecule has 0 fully saturated rings. The van der Waals surface area contributed by atoms with Crippen molar-refractivity contribution in [3.05, 3.63) is 25.3 Å². The summed E-state index contributed by atoms with van der Waals surface area (Å²) in [5.74, 6) is -0.595. The molecule has 17 heavy (non-hydrogen) atoms. The molecule has 0 bridgehead atoms. The standard InChI is InChI=1S/C9H17NO2.C3H5NO/c1-2-9(12)10-7-5-3-4-6-8-11;1-2-3(4)5/h2,11H,1,3-8H2,(H,10,12);2H,1H2,(H2,4,5). The number of hydrogen-bond donors (Lipinski definition) is 3. The summed E-state index contributed by atoms with van der Waals surface area (Å²) >= 11 is 0. The Morgan fingerprint density at radius 2 is 1.65 bits per heavy atom. The third-order valence-corrected chi connectivity index (χ3v) is 1.77. The number of aliphatic hydroxyl groups excluding tert-OH is 1. The largest absolute Gasteiger partial charge is 0.396 e. The van der Waals surface area contributed by atoms with Crippen LogP contribution in [0.5, 0.6) is 0 Å². The Morgan fingerprint density at radius 3 is 2.06 bits per heavy atom. The van der Waals surface area contributed by atoms with Crippen molar-refractivity contribution in [3.8, 4) is 0 Å². The molecule has 0 unspecified atom stereocenters. The number of aliphatic hydroxyl groups is 1. The molecule has 2 amide bonds. The zero-order chi connectivity index (χ0) is 13.5. The molecule has 5 nitrogen and oxygen atoms in total.